The Morgan fingerprint density at radius 3 is 2.83 bits per heavy atom. The second-order valence-corrected chi connectivity index (χ2v) is 8.52. The fourth-order valence-electron chi connectivity index (χ4n) is 3.32. The number of hydrogen-bond donors (Lipinski definition) is 1. The number of aryl methyl sites for hydroxylation is 2. The molecule has 10 nitrogen and oxygen atoms in total. The monoisotopic (exact) mass is 424 g/mol. The summed E-state index contributed by atoms with van der Waals surface area (Å²) in [5.41, 5.74) is 0.248. The second kappa shape index (κ2) is 8.89. The minimum absolute atomic E-state index is 0.0175. The van der Waals surface area contributed by atoms with Crippen LogP contribution in [-0.2, 0) is 19.6 Å². The summed E-state index contributed by atoms with van der Waals surface area (Å²) in [5, 5.41) is 6.44. The molecule has 0 bridgehead atoms. The van der Waals surface area contributed by atoms with Crippen LogP contribution < -0.4 is 10.1 Å². The summed E-state index contributed by atoms with van der Waals surface area (Å²) in [6, 6.07) is 2.52. The van der Waals surface area contributed by atoms with E-state index in [1.807, 2.05) is 0 Å². The molecule has 2 atom stereocenters. The Balaban J connectivity index is 1.87. The van der Waals surface area contributed by atoms with E-state index in [1.165, 1.54) is 14.0 Å². The van der Waals surface area contributed by atoms with Gasteiger partial charge in [0.15, 0.2) is 5.76 Å². The maximum absolute atomic E-state index is 13.3. The van der Waals surface area contributed by atoms with Crippen LogP contribution in [0.4, 0.5) is 0 Å². The van der Waals surface area contributed by atoms with Crippen molar-refractivity contribution >= 4 is 15.9 Å². The molecule has 0 radical (unpaired) electrons. The van der Waals surface area contributed by atoms with Gasteiger partial charge in [0.1, 0.15) is 28.5 Å². The average Bonchev–Trinajstić information content (AvgIpc) is 3.26. The number of nitrogens with zero attached hydrogens (tertiary/aromatic N) is 3. The number of nitrogens with one attached hydrogen (secondary N) is 1. The molecule has 0 aromatic carbocycles. The Kier molecular flexibility index (Phi) is 6.50. The van der Waals surface area contributed by atoms with Crippen molar-refractivity contribution in [3.63, 3.8) is 0 Å². The average molecular weight is 424 g/mol. The maximum Gasteiger partial charge on any atom is 0.249 e. The van der Waals surface area contributed by atoms with Gasteiger partial charge >= 0.3 is 0 Å². The lowest BCUT2D eigenvalue weighted by Crippen LogP contribution is -2.46. The quantitative estimate of drug-likeness (QED) is 0.613. The van der Waals surface area contributed by atoms with Crippen molar-refractivity contribution in [2.45, 2.75) is 37.3 Å². The number of amides is 1. The molecule has 0 aliphatic carbocycles. The minimum Gasteiger partial charge on any atom is -0.487 e. The summed E-state index contributed by atoms with van der Waals surface area (Å²) < 4.78 is 43.7. The van der Waals surface area contributed by atoms with Crippen LogP contribution in [0.25, 0.3) is 0 Å². The molecule has 29 heavy (non-hydrogen) atoms. The van der Waals surface area contributed by atoms with Gasteiger partial charge in [-0.15, -0.1) is 0 Å². The molecule has 0 saturated carbocycles. The van der Waals surface area contributed by atoms with Crippen LogP contribution in [0.3, 0.4) is 0 Å². The molecular weight excluding hydrogens is 400 g/mol. The Morgan fingerprint density at radius 1 is 1.41 bits per heavy atom. The van der Waals surface area contributed by atoms with Crippen LogP contribution in [-0.4, -0.2) is 67.7 Å². The van der Waals surface area contributed by atoms with Crippen molar-refractivity contribution in [1.29, 1.82) is 0 Å². The number of carbonyl (C=O) groups is 1. The zero-order valence-electron chi connectivity index (χ0n) is 16.5. The fourth-order valence-corrected chi connectivity index (χ4v) is 5.25. The normalized spacial score (nSPS) is 20.0. The maximum atomic E-state index is 13.3. The summed E-state index contributed by atoms with van der Waals surface area (Å²) in [7, 11) is -2.50. The Hall–Kier alpha value is -2.50. The fraction of sp³-hybridized carbons (Fsp3) is 0.500. The van der Waals surface area contributed by atoms with E-state index < -0.39 is 28.1 Å². The summed E-state index contributed by atoms with van der Waals surface area (Å²) in [4.78, 5) is 16.7. The second-order valence-electron chi connectivity index (χ2n) is 6.69. The van der Waals surface area contributed by atoms with Gasteiger partial charge in [0, 0.05) is 26.3 Å². The molecule has 3 rings (SSSR count). The number of rotatable bonds is 8. The van der Waals surface area contributed by atoms with Crippen molar-refractivity contribution in [1.82, 2.24) is 19.8 Å². The molecule has 1 saturated heterocycles. The van der Waals surface area contributed by atoms with Gasteiger partial charge in [0.25, 0.3) is 0 Å². The van der Waals surface area contributed by atoms with Gasteiger partial charge in [-0.2, -0.15) is 4.31 Å². The molecule has 158 valence electrons. The summed E-state index contributed by atoms with van der Waals surface area (Å²) in [6.07, 6.45) is 2.85. The number of sulfonamides is 1. The van der Waals surface area contributed by atoms with Gasteiger partial charge in [0.2, 0.25) is 15.9 Å². The Bertz CT molecular complexity index is 927. The molecule has 1 aliphatic heterocycles. The zero-order valence-corrected chi connectivity index (χ0v) is 17.3. The van der Waals surface area contributed by atoms with Gasteiger partial charge in [-0.1, -0.05) is 5.16 Å². The molecule has 11 heteroatoms. The highest BCUT2D eigenvalue weighted by atomic mass is 32.2. The number of carbonyl (C=O) groups excluding carboxylic acids is 1. The summed E-state index contributed by atoms with van der Waals surface area (Å²) in [6.45, 7) is 3.70. The zero-order chi connectivity index (χ0) is 21.0. The molecule has 3 heterocycles. The van der Waals surface area contributed by atoms with Crippen molar-refractivity contribution in [3.05, 3.63) is 36.0 Å². The third-order valence-electron chi connectivity index (χ3n) is 4.60. The first-order chi connectivity index (χ1) is 13.8. The molecule has 1 amide bonds. The van der Waals surface area contributed by atoms with Gasteiger partial charge in [0.05, 0.1) is 19.3 Å². The molecule has 1 N–H and O–H groups in total. The van der Waals surface area contributed by atoms with Gasteiger partial charge in [-0.05, 0) is 26.0 Å². The molecular formula is C18H24N4O6S. The van der Waals surface area contributed by atoms with Crippen molar-refractivity contribution in [2.75, 3.05) is 26.8 Å². The van der Waals surface area contributed by atoms with Crippen LogP contribution in [0.5, 0.6) is 5.75 Å². The smallest absolute Gasteiger partial charge is 0.249 e. The standard InChI is InChI=1S/C18H24N4O6S/c1-12-17(13(2)28-21-12)29(24,25)22-11-15(27-14-5-4-6-19-10-14)9-16(22)18(23)20-7-8-26-3/h4-6,10,15-16H,7-9,11H2,1-3H3,(H,20,23)/t15-,16-/m0/s1. The Labute approximate surface area is 169 Å². The topological polar surface area (TPSA) is 124 Å². The first-order valence-corrected chi connectivity index (χ1v) is 10.6. The third-order valence-corrected chi connectivity index (χ3v) is 6.72. The first-order valence-electron chi connectivity index (χ1n) is 9.12. The van der Waals surface area contributed by atoms with Crippen molar-refractivity contribution in [3.8, 4) is 5.75 Å². The van der Waals surface area contributed by atoms with Crippen LogP contribution in [0.15, 0.2) is 33.9 Å². The lowest BCUT2D eigenvalue weighted by atomic mass is 10.2. The molecule has 1 aliphatic rings. The number of pyridine rings is 1. The predicted molar refractivity (Wildman–Crippen MR) is 102 cm³/mol. The van der Waals surface area contributed by atoms with Crippen molar-refractivity contribution < 1.29 is 27.2 Å². The van der Waals surface area contributed by atoms with E-state index in [1.54, 1.807) is 31.5 Å². The number of hydrogen-bond acceptors (Lipinski definition) is 8. The highest BCUT2D eigenvalue weighted by Gasteiger charge is 2.46. The lowest BCUT2D eigenvalue weighted by Gasteiger charge is -2.22. The van der Waals surface area contributed by atoms with E-state index in [4.69, 9.17) is 14.0 Å². The third kappa shape index (κ3) is 4.57. The van der Waals surface area contributed by atoms with Crippen LogP contribution in [0.2, 0.25) is 0 Å². The van der Waals surface area contributed by atoms with Crippen LogP contribution in [0, 0.1) is 13.8 Å². The first kappa shape index (κ1) is 21.2. The van der Waals surface area contributed by atoms with E-state index in [0.29, 0.717) is 12.4 Å². The van der Waals surface area contributed by atoms with Crippen molar-refractivity contribution in [2.24, 2.45) is 0 Å². The molecule has 1 fully saturated rings. The van der Waals surface area contributed by atoms with Gasteiger partial charge in [-0.25, -0.2) is 8.42 Å². The molecule has 0 spiro atoms. The minimum atomic E-state index is -4.02. The lowest BCUT2D eigenvalue weighted by molar-refractivity contribution is -0.124. The van der Waals surface area contributed by atoms with Crippen LogP contribution in [0.1, 0.15) is 17.9 Å². The molecule has 0 unspecified atom stereocenters. The SMILES string of the molecule is COCCNC(=O)[C@@H]1C[C@H](Oc2cccnc2)CN1S(=O)(=O)c1c(C)noc1C. The summed E-state index contributed by atoms with van der Waals surface area (Å²) >= 11 is 0. The highest BCUT2D eigenvalue weighted by molar-refractivity contribution is 7.89. The largest absolute Gasteiger partial charge is 0.487 e. The molecule has 2 aromatic heterocycles. The highest BCUT2D eigenvalue weighted by Crippen LogP contribution is 2.31. The number of aromatic nitrogens is 2. The van der Waals surface area contributed by atoms with Crippen LogP contribution >= 0.6 is 0 Å². The predicted octanol–water partition coefficient (Wildman–Crippen LogP) is 0.660. The van der Waals surface area contributed by atoms with Gasteiger partial charge in [-0.3, -0.25) is 9.78 Å². The molecule has 2 aromatic rings. The van der Waals surface area contributed by atoms with E-state index in [2.05, 4.69) is 15.5 Å². The Morgan fingerprint density at radius 2 is 2.21 bits per heavy atom. The number of methoxy groups -OCH3 is 1. The summed E-state index contributed by atoms with van der Waals surface area (Å²) in [5.74, 6) is 0.278. The van der Waals surface area contributed by atoms with E-state index >= 15 is 0 Å². The van der Waals surface area contributed by atoms with E-state index in [-0.39, 0.29) is 35.9 Å². The van der Waals surface area contributed by atoms with E-state index in [0.717, 1.165) is 4.31 Å². The number of ether oxygens (including phenoxy) is 2. The van der Waals surface area contributed by atoms with E-state index in [9.17, 15) is 13.2 Å². The van der Waals surface area contributed by atoms with Gasteiger partial charge < -0.3 is 19.3 Å².